The lowest BCUT2D eigenvalue weighted by Gasteiger charge is -2.17. The first kappa shape index (κ1) is 16.9. The van der Waals surface area contributed by atoms with Crippen LogP contribution in [-0.4, -0.2) is 23.0 Å². The van der Waals surface area contributed by atoms with Crippen LogP contribution >= 0.6 is 15.9 Å². The lowest BCUT2D eigenvalue weighted by molar-refractivity contribution is -0.141. The van der Waals surface area contributed by atoms with Crippen molar-refractivity contribution in [2.45, 2.75) is 38.6 Å². The molecule has 2 N–H and O–H groups in total. The van der Waals surface area contributed by atoms with Gasteiger partial charge in [0.1, 0.15) is 5.82 Å². The van der Waals surface area contributed by atoms with E-state index in [9.17, 15) is 14.0 Å². The van der Waals surface area contributed by atoms with Crippen molar-refractivity contribution in [2.24, 2.45) is 11.8 Å². The highest BCUT2D eigenvalue weighted by molar-refractivity contribution is 9.10. The number of halogens is 2. The second-order valence-electron chi connectivity index (χ2n) is 5.91. The molecule has 1 aliphatic rings. The summed E-state index contributed by atoms with van der Waals surface area (Å²) in [5, 5.41) is 11.9. The zero-order chi connectivity index (χ0) is 16.3. The van der Waals surface area contributed by atoms with Gasteiger partial charge in [-0.1, -0.05) is 6.07 Å². The van der Waals surface area contributed by atoms with Crippen molar-refractivity contribution in [1.82, 2.24) is 5.32 Å². The summed E-state index contributed by atoms with van der Waals surface area (Å²) < 4.78 is 13.6. The largest absolute Gasteiger partial charge is 0.481 e. The summed E-state index contributed by atoms with van der Waals surface area (Å²) >= 11 is 3.14. The lowest BCUT2D eigenvalue weighted by Crippen LogP contribution is -2.37. The van der Waals surface area contributed by atoms with Crippen molar-refractivity contribution in [2.75, 3.05) is 0 Å². The zero-order valence-electron chi connectivity index (χ0n) is 12.3. The average molecular weight is 372 g/mol. The molecule has 1 aromatic carbocycles. The van der Waals surface area contributed by atoms with E-state index in [0.717, 1.165) is 5.56 Å². The van der Waals surface area contributed by atoms with Gasteiger partial charge in [-0.3, -0.25) is 9.59 Å². The number of aliphatic carboxylic acids is 1. The number of carboxylic acids is 1. The molecule has 1 aromatic rings. The van der Waals surface area contributed by atoms with Crippen LogP contribution < -0.4 is 5.32 Å². The number of carbonyl (C=O) groups excluding carboxylic acids is 1. The van der Waals surface area contributed by atoms with Crippen LogP contribution in [0.25, 0.3) is 0 Å². The molecule has 4 nitrogen and oxygen atoms in total. The first-order valence-corrected chi connectivity index (χ1v) is 8.13. The number of benzene rings is 1. The summed E-state index contributed by atoms with van der Waals surface area (Å²) in [6.45, 7) is 1.89. The van der Waals surface area contributed by atoms with Gasteiger partial charge in [-0.15, -0.1) is 0 Å². The third-order valence-electron chi connectivity index (χ3n) is 4.07. The Morgan fingerprint density at radius 1 is 1.41 bits per heavy atom. The Bertz CT molecular complexity index is 579. The molecule has 2 rings (SSSR count). The van der Waals surface area contributed by atoms with Gasteiger partial charge in [-0.25, -0.2) is 4.39 Å². The van der Waals surface area contributed by atoms with Gasteiger partial charge in [0.15, 0.2) is 0 Å². The van der Waals surface area contributed by atoms with Gasteiger partial charge in [0.25, 0.3) is 0 Å². The number of nitrogens with one attached hydrogen (secondary N) is 1. The number of amides is 1. The Balaban J connectivity index is 1.86. The average Bonchev–Trinajstić information content (AvgIpc) is 2.93. The fourth-order valence-electron chi connectivity index (χ4n) is 2.88. The van der Waals surface area contributed by atoms with Crippen molar-refractivity contribution < 1.29 is 19.1 Å². The number of rotatable bonds is 5. The summed E-state index contributed by atoms with van der Waals surface area (Å²) in [6, 6.07) is 4.70. The van der Waals surface area contributed by atoms with Crippen molar-refractivity contribution in [3.8, 4) is 0 Å². The van der Waals surface area contributed by atoms with E-state index < -0.39 is 11.9 Å². The van der Waals surface area contributed by atoms with Gasteiger partial charge in [-0.2, -0.15) is 0 Å². The normalized spacial score (nSPS) is 22.3. The van der Waals surface area contributed by atoms with Crippen molar-refractivity contribution >= 4 is 27.8 Å². The van der Waals surface area contributed by atoms with Crippen LogP contribution in [0.5, 0.6) is 0 Å². The molecule has 0 aliphatic heterocycles. The molecular weight excluding hydrogens is 353 g/mol. The highest BCUT2D eigenvalue weighted by Gasteiger charge is 2.34. The van der Waals surface area contributed by atoms with Gasteiger partial charge in [0.05, 0.1) is 10.4 Å². The van der Waals surface area contributed by atoms with Gasteiger partial charge in [0, 0.05) is 12.0 Å². The first-order chi connectivity index (χ1) is 10.4. The first-order valence-electron chi connectivity index (χ1n) is 7.34. The Hall–Kier alpha value is -1.43. The summed E-state index contributed by atoms with van der Waals surface area (Å²) in [6.07, 6.45) is 2.19. The van der Waals surface area contributed by atoms with E-state index in [2.05, 4.69) is 21.2 Å². The maximum Gasteiger partial charge on any atom is 0.306 e. The third kappa shape index (κ3) is 4.29. The Kier molecular flexibility index (Phi) is 5.56. The molecule has 1 aliphatic carbocycles. The molecule has 0 heterocycles. The smallest absolute Gasteiger partial charge is 0.306 e. The quantitative estimate of drug-likeness (QED) is 0.835. The Morgan fingerprint density at radius 3 is 2.68 bits per heavy atom. The highest BCUT2D eigenvalue weighted by Crippen LogP contribution is 2.31. The molecule has 120 valence electrons. The minimum absolute atomic E-state index is 0.0857. The van der Waals surface area contributed by atoms with E-state index in [1.165, 1.54) is 6.07 Å². The molecule has 1 unspecified atom stereocenters. The molecule has 22 heavy (non-hydrogen) atoms. The molecule has 0 saturated heterocycles. The maximum atomic E-state index is 13.2. The van der Waals surface area contributed by atoms with Crippen molar-refractivity contribution in [3.05, 3.63) is 34.1 Å². The second-order valence-corrected chi connectivity index (χ2v) is 6.76. The number of carboxylic acid groups (broad SMARTS) is 1. The van der Waals surface area contributed by atoms with Crippen LogP contribution in [0, 0.1) is 17.7 Å². The molecule has 1 fully saturated rings. The molecule has 1 saturated carbocycles. The molecule has 0 bridgehead atoms. The van der Waals surface area contributed by atoms with E-state index in [1.54, 1.807) is 12.1 Å². The van der Waals surface area contributed by atoms with Gasteiger partial charge >= 0.3 is 5.97 Å². The monoisotopic (exact) mass is 371 g/mol. The van der Waals surface area contributed by atoms with Gasteiger partial charge in [-0.05, 0) is 66.2 Å². The second kappa shape index (κ2) is 7.22. The molecular formula is C16H19BrFNO3. The van der Waals surface area contributed by atoms with Crippen LogP contribution in [0.3, 0.4) is 0 Å². The van der Waals surface area contributed by atoms with Crippen molar-refractivity contribution in [3.63, 3.8) is 0 Å². The van der Waals surface area contributed by atoms with E-state index >= 15 is 0 Å². The van der Waals surface area contributed by atoms with Gasteiger partial charge in [0.2, 0.25) is 5.91 Å². The van der Waals surface area contributed by atoms with E-state index in [4.69, 9.17) is 5.11 Å². The number of carbonyl (C=O) groups is 2. The van der Waals surface area contributed by atoms with Crippen LogP contribution in [0.1, 0.15) is 31.7 Å². The predicted octanol–water partition coefficient (Wildman–Crippen LogP) is 3.14. The Morgan fingerprint density at radius 2 is 2.09 bits per heavy atom. The van der Waals surface area contributed by atoms with Crippen LogP contribution in [0.15, 0.2) is 22.7 Å². The third-order valence-corrected chi connectivity index (χ3v) is 4.67. The summed E-state index contributed by atoms with van der Waals surface area (Å²) in [5.74, 6) is -1.84. The summed E-state index contributed by atoms with van der Waals surface area (Å²) in [7, 11) is 0. The number of hydrogen-bond acceptors (Lipinski definition) is 2. The van der Waals surface area contributed by atoms with Crippen molar-refractivity contribution in [1.29, 1.82) is 0 Å². The van der Waals surface area contributed by atoms with Crippen LogP contribution in [-0.2, 0) is 16.0 Å². The van der Waals surface area contributed by atoms with E-state index in [1.807, 2.05) is 6.92 Å². The lowest BCUT2D eigenvalue weighted by atomic mass is 10.0. The highest BCUT2D eigenvalue weighted by atomic mass is 79.9. The fourth-order valence-corrected chi connectivity index (χ4v) is 3.30. The minimum Gasteiger partial charge on any atom is -0.481 e. The topological polar surface area (TPSA) is 66.4 Å². The fraction of sp³-hybridized carbons (Fsp3) is 0.500. The summed E-state index contributed by atoms with van der Waals surface area (Å²) in [4.78, 5) is 23.1. The zero-order valence-corrected chi connectivity index (χ0v) is 13.9. The molecule has 3 atom stereocenters. The number of hydrogen-bond donors (Lipinski definition) is 2. The van der Waals surface area contributed by atoms with E-state index in [0.29, 0.717) is 30.2 Å². The van der Waals surface area contributed by atoms with E-state index in [-0.39, 0.29) is 23.7 Å². The predicted molar refractivity (Wildman–Crippen MR) is 83.9 cm³/mol. The molecule has 0 aromatic heterocycles. The molecule has 0 radical (unpaired) electrons. The standard InChI is InChI=1S/C16H19BrFNO3/c1-9(6-10-2-5-14(18)13(17)7-10)19-15(20)11-3-4-12(8-11)16(21)22/h2,5,7,9,11-12H,3-4,6,8H2,1H3,(H,19,20)(H,21,22)/t9?,11-,12+/m1/s1. The minimum atomic E-state index is -0.820. The maximum absolute atomic E-state index is 13.2. The van der Waals surface area contributed by atoms with Crippen LogP contribution in [0.4, 0.5) is 4.39 Å². The SMILES string of the molecule is CC(Cc1ccc(F)c(Br)c1)NC(=O)[C@@H]1CC[C@H](C(=O)O)C1. The van der Waals surface area contributed by atoms with Gasteiger partial charge < -0.3 is 10.4 Å². The van der Waals surface area contributed by atoms with Crippen LogP contribution in [0.2, 0.25) is 0 Å². The Labute approximate surface area is 137 Å². The molecule has 1 amide bonds. The summed E-state index contributed by atoms with van der Waals surface area (Å²) in [5.41, 5.74) is 0.927. The molecule has 6 heteroatoms. The molecule has 0 spiro atoms.